The van der Waals surface area contributed by atoms with Crippen molar-refractivity contribution in [3.8, 4) is 0 Å². The number of rotatable bonds is 3. The quantitative estimate of drug-likeness (QED) is 0.739. The highest BCUT2D eigenvalue weighted by atomic mass is 16.1. The maximum absolute atomic E-state index is 11.7. The summed E-state index contributed by atoms with van der Waals surface area (Å²) in [6, 6.07) is 7.43. The van der Waals surface area contributed by atoms with Crippen LogP contribution in [0.1, 0.15) is 29.8 Å². The fourth-order valence-electron chi connectivity index (χ4n) is 1.11. The van der Waals surface area contributed by atoms with Crippen LogP contribution in [0.5, 0.6) is 0 Å². The van der Waals surface area contributed by atoms with E-state index in [0.717, 1.165) is 5.56 Å². The van der Waals surface area contributed by atoms with Gasteiger partial charge in [-0.25, -0.2) is 0 Å². The van der Waals surface area contributed by atoms with Crippen molar-refractivity contribution in [3.05, 3.63) is 35.4 Å². The van der Waals surface area contributed by atoms with Gasteiger partial charge in [-0.1, -0.05) is 31.5 Å². The summed E-state index contributed by atoms with van der Waals surface area (Å²) < 4.78 is 0. The van der Waals surface area contributed by atoms with Gasteiger partial charge in [-0.2, -0.15) is 0 Å². The van der Waals surface area contributed by atoms with Gasteiger partial charge >= 0.3 is 0 Å². The monoisotopic (exact) mass is 206 g/mol. The van der Waals surface area contributed by atoms with Crippen LogP contribution in [0.15, 0.2) is 24.3 Å². The Hall–Kier alpha value is -1.35. The smallest absolute Gasteiger partial charge is 0.252 e. The maximum atomic E-state index is 11.7. The van der Waals surface area contributed by atoms with E-state index in [9.17, 15) is 4.79 Å². The third kappa shape index (κ3) is 3.36. The van der Waals surface area contributed by atoms with E-state index in [0.29, 0.717) is 5.56 Å². The molecule has 0 fully saturated rings. The molecule has 0 saturated heterocycles. The molecule has 0 aliphatic rings. The molecule has 3 nitrogen and oxygen atoms in total. The van der Waals surface area contributed by atoms with Gasteiger partial charge in [0.2, 0.25) is 0 Å². The highest BCUT2D eigenvalue weighted by Crippen LogP contribution is 2.04. The minimum absolute atomic E-state index is 0.115. The predicted octanol–water partition coefficient (Wildman–Crippen LogP) is 1.67. The third-order valence-corrected chi connectivity index (χ3v) is 2.33. The number of amides is 1. The molecule has 0 unspecified atom stereocenters. The normalized spacial score (nSPS) is 12.6. The molecular weight excluding hydrogens is 188 g/mol. The zero-order valence-electron chi connectivity index (χ0n) is 9.45. The summed E-state index contributed by atoms with van der Waals surface area (Å²) in [5.74, 6) is 0.121. The topological polar surface area (TPSA) is 55.1 Å². The highest BCUT2D eigenvalue weighted by Gasteiger charge is 2.12. The molecule has 15 heavy (non-hydrogen) atoms. The number of nitrogens with one attached hydrogen (secondary N) is 1. The molecule has 1 amide bonds. The lowest BCUT2D eigenvalue weighted by atomic mass is 10.1. The average molecular weight is 206 g/mol. The van der Waals surface area contributed by atoms with E-state index >= 15 is 0 Å². The zero-order chi connectivity index (χ0) is 11.4. The summed E-state index contributed by atoms with van der Waals surface area (Å²) in [5, 5.41) is 2.75. The van der Waals surface area contributed by atoms with E-state index in [1.54, 1.807) is 12.1 Å². The fraction of sp³-hybridized carbons (Fsp3) is 0.417. The van der Waals surface area contributed by atoms with E-state index in [1.807, 2.05) is 32.9 Å². The predicted molar refractivity (Wildman–Crippen MR) is 61.5 cm³/mol. The lowest BCUT2D eigenvalue weighted by Gasteiger charge is -2.17. The van der Waals surface area contributed by atoms with Crippen LogP contribution in [0.3, 0.4) is 0 Å². The molecule has 3 N–H and O–H groups in total. The Balaban J connectivity index is 2.65. The first-order valence-corrected chi connectivity index (χ1v) is 5.14. The molecule has 0 saturated carbocycles. The second-order valence-electron chi connectivity index (χ2n) is 4.11. The molecule has 1 atom stereocenters. The van der Waals surface area contributed by atoms with Crippen LogP contribution in [0.2, 0.25) is 0 Å². The van der Waals surface area contributed by atoms with Crippen LogP contribution < -0.4 is 11.1 Å². The first-order chi connectivity index (χ1) is 7.00. The Morgan fingerprint density at radius 3 is 2.27 bits per heavy atom. The van der Waals surface area contributed by atoms with Gasteiger partial charge in [-0.3, -0.25) is 4.79 Å². The van der Waals surface area contributed by atoms with Crippen LogP contribution in [0.25, 0.3) is 0 Å². The van der Waals surface area contributed by atoms with Crippen LogP contribution in [0, 0.1) is 12.8 Å². The fourth-order valence-corrected chi connectivity index (χ4v) is 1.11. The van der Waals surface area contributed by atoms with Gasteiger partial charge in [0.05, 0.1) is 6.17 Å². The molecular formula is C12H18N2O. The van der Waals surface area contributed by atoms with Crippen molar-refractivity contribution in [2.45, 2.75) is 26.9 Å². The number of hydrogen-bond acceptors (Lipinski definition) is 2. The van der Waals surface area contributed by atoms with Crippen molar-refractivity contribution in [2.24, 2.45) is 11.7 Å². The van der Waals surface area contributed by atoms with Crippen molar-refractivity contribution in [1.29, 1.82) is 0 Å². The van der Waals surface area contributed by atoms with Crippen molar-refractivity contribution in [1.82, 2.24) is 5.32 Å². The average Bonchev–Trinajstić information content (AvgIpc) is 2.18. The first kappa shape index (κ1) is 11.7. The lowest BCUT2D eigenvalue weighted by molar-refractivity contribution is 0.0927. The van der Waals surface area contributed by atoms with Gasteiger partial charge in [0.1, 0.15) is 0 Å². The number of nitrogens with two attached hydrogens (primary N) is 1. The number of aryl methyl sites for hydroxylation is 1. The standard InChI is InChI=1S/C12H18N2O/c1-8(2)11(13)14-12(15)10-6-4-9(3)5-7-10/h4-8,11H,13H2,1-3H3,(H,14,15)/t11-/m1/s1. The number of hydrogen-bond donors (Lipinski definition) is 2. The van der Waals surface area contributed by atoms with Gasteiger partial charge in [-0.15, -0.1) is 0 Å². The number of carbonyl (C=O) groups is 1. The summed E-state index contributed by atoms with van der Waals surface area (Å²) in [7, 11) is 0. The maximum Gasteiger partial charge on any atom is 0.252 e. The van der Waals surface area contributed by atoms with Crippen molar-refractivity contribution in [2.75, 3.05) is 0 Å². The van der Waals surface area contributed by atoms with Crippen molar-refractivity contribution in [3.63, 3.8) is 0 Å². The molecule has 0 bridgehead atoms. The Labute approximate surface area is 90.7 Å². The minimum Gasteiger partial charge on any atom is -0.337 e. The molecule has 0 spiro atoms. The van der Waals surface area contributed by atoms with E-state index in [1.165, 1.54) is 0 Å². The highest BCUT2D eigenvalue weighted by molar-refractivity contribution is 5.94. The van der Waals surface area contributed by atoms with Gasteiger partial charge in [0.15, 0.2) is 0 Å². The Bertz CT molecular complexity index is 330. The molecule has 0 radical (unpaired) electrons. The van der Waals surface area contributed by atoms with Gasteiger partial charge < -0.3 is 11.1 Å². The Morgan fingerprint density at radius 1 is 1.27 bits per heavy atom. The Morgan fingerprint density at radius 2 is 1.80 bits per heavy atom. The minimum atomic E-state index is -0.293. The molecule has 0 heterocycles. The zero-order valence-corrected chi connectivity index (χ0v) is 9.45. The van der Waals surface area contributed by atoms with E-state index in [2.05, 4.69) is 5.32 Å². The SMILES string of the molecule is Cc1ccc(C(=O)N[C@@H](N)C(C)C)cc1. The second-order valence-corrected chi connectivity index (χ2v) is 4.11. The molecule has 3 heteroatoms. The molecule has 0 aliphatic heterocycles. The second kappa shape index (κ2) is 4.94. The first-order valence-electron chi connectivity index (χ1n) is 5.14. The van der Waals surface area contributed by atoms with Crippen LogP contribution >= 0.6 is 0 Å². The van der Waals surface area contributed by atoms with Crippen molar-refractivity contribution < 1.29 is 4.79 Å². The van der Waals surface area contributed by atoms with E-state index < -0.39 is 0 Å². The van der Waals surface area contributed by atoms with E-state index in [-0.39, 0.29) is 18.0 Å². The van der Waals surface area contributed by atoms with Gasteiger partial charge in [0, 0.05) is 5.56 Å². The van der Waals surface area contributed by atoms with Gasteiger partial charge in [-0.05, 0) is 25.0 Å². The molecule has 82 valence electrons. The van der Waals surface area contributed by atoms with Crippen LogP contribution in [-0.2, 0) is 0 Å². The summed E-state index contributed by atoms with van der Waals surface area (Å²) in [5.41, 5.74) is 7.54. The lowest BCUT2D eigenvalue weighted by Crippen LogP contribution is -2.45. The summed E-state index contributed by atoms with van der Waals surface area (Å²) in [4.78, 5) is 11.7. The van der Waals surface area contributed by atoms with Crippen LogP contribution in [-0.4, -0.2) is 12.1 Å². The van der Waals surface area contributed by atoms with Crippen LogP contribution in [0.4, 0.5) is 0 Å². The van der Waals surface area contributed by atoms with Gasteiger partial charge in [0.25, 0.3) is 5.91 Å². The number of carbonyl (C=O) groups excluding carboxylic acids is 1. The summed E-state index contributed by atoms with van der Waals surface area (Å²) in [6.45, 7) is 5.93. The molecule has 1 aromatic carbocycles. The largest absolute Gasteiger partial charge is 0.337 e. The summed E-state index contributed by atoms with van der Waals surface area (Å²) in [6.07, 6.45) is -0.293. The third-order valence-electron chi connectivity index (χ3n) is 2.33. The molecule has 0 aliphatic carbocycles. The van der Waals surface area contributed by atoms with E-state index in [4.69, 9.17) is 5.73 Å². The Kier molecular flexibility index (Phi) is 3.86. The van der Waals surface area contributed by atoms with Crippen molar-refractivity contribution >= 4 is 5.91 Å². The summed E-state index contributed by atoms with van der Waals surface area (Å²) >= 11 is 0. The number of benzene rings is 1. The molecule has 1 aromatic rings. The molecule has 0 aromatic heterocycles. The molecule has 1 rings (SSSR count).